The Balaban J connectivity index is 2.34. The molecule has 1 atom stereocenters. The number of carbonyl (C=O) groups is 1. The van der Waals surface area contributed by atoms with Crippen LogP contribution in [0.5, 0.6) is 0 Å². The van der Waals surface area contributed by atoms with E-state index in [2.05, 4.69) is 24.1 Å². The highest BCUT2D eigenvalue weighted by molar-refractivity contribution is 5.94. The van der Waals surface area contributed by atoms with Crippen LogP contribution < -0.4 is 5.32 Å². The summed E-state index contributed by atoms with van der Waals surface area (Å²) < 4.78 is 0. The van der Waals surface area contributed by atoms with E-state index in [1.807, 2.05) is 0 Å². The summed E-state index contributed by atoms with van der Waals surface area (Å²) in [4.78, 5) is 15.6. The topological polar surface area (TPSA) is 42.0 Å². The molecule has 0 aliphatic heterocycles. The van der Waals surface area contributed by atoms with Crippen LogP contribution in [0.3, 0.4) is 0 Å². The van der Waals surface area contributed by atoms with Gasteiger partial charge in [-0.25, -0.2) is 0 Å². The van der Waals surface area contributed by atoms with Gasteiger partial charge in [-0.1, -0.05) is 26.2 Å². The van der Waals surface area contributed by atoms with Crippen LogP contribution in [0.2, 0.25) is 0 Å². The quantitative estimate of drug-likeness (QED) is 0.749. The Hall–Kier alpha value is -1.38. The summed E-state index contributed by atoms with van der Waals surface area (Å²) in [6, 6.07) is 3.70. The van der Waals surface area contributed by atoms with Gasteiger partial charge in [-0.2, -0.15) is 0 Å². The van der Waals surface area contributed by atoms with Crippen molar-refractivity contribution < 1.29 is 4.79 Å². The van der Waals surface area contributed by atoms with Crippen LogP contribution in [0.1, 0.15) is 49.9 Å². The summed E-state index contributed by atoms with van der Waals surface area (Å²) in [7, 11) is 0. The third kappa shape index (κ3) is 4.43. The molecule has 3 heteroatoms. The van der Waals surface area contributed by atoms with Gasteiger partial charge in [0.15, 0.2) is 0 Å². The summed E-state index contributed by atoms with van der Waals surface area (Å²) in [6.07, 6.45) is 7.94. The van der Waals surface area contributed by atoms with Crippen molar-refractivity contribution in [1.82, 2.24) is 10.3 Å². The van der Waals surface area contributed by atoms with Crippen LogP contribution in [0, 0.1) is 0 Å². The molecule has 0 saturated carbocycles. The fraction of sp³-hybridized carbons (Fsp3) is 0.538. The summed E-state index contributed by atoms with van der Waals surface area (Å²) in [5.74, 6) is -0.00796. The van der Waals surface area contributed by atoms with E-state index in [-0.39, 0.29) is 11.9 Å². The zero-order valence-electron chi connectivity index (χ0n) is 10.1. The van der Waals surface area contributed by atoms with Crippen molar-refractivity contribution >= 4 is 5.91 Å². The predicted molar refractivity (Wildman–Crippen MR) is 65.3 cm³/mol. The van der Waals surface area contributed by atoms with E-state index >= 15 is 0 Å². The molecule has 1 aromatic heterocycles. The number of nitrogens with one attached hydrogen (secondary N) is 1. The molecule has 0 bridgehead atoms. The Labute approximate surface area is 97.3 Å². The average Bonchev–Trinajstić information content (AvgIpc) is 2.30. The fourth-order valence-corrected chi connectivity index (χ4v) is 1.58. The SMILES string of the molecule is CCCCCC(C)NC(=O)c1ccncc1. The molecule has 1 heterocycles. The maximum absolute atomic E-state index is 11.7. The second-order valence-electron chi connectivity index (χ2n) is 4.11. The first kappa shape index (κ1) is 12.7. The van der Waals surface area contributed by atoms with E-state index in [9.17, 15) is 4.79 Å². The van der Waals surface area contributed by atoms with E-state index in [0.717, 1.165) is 6.42 Å². The van der Waals surface area contributed by atoms with Crippen molar-refractivity contribution in [2.75, 3.05) is 0 Å². The maximum atomic E-state index is 11.7. The summed E-state index contributed by atoms with van der Waals surface area (Å²) in [6.45, 7) is 4.23. The van der Waals surface area contributed by atoms with Crippen molar-refractivity contribution in [3.63, 3.8) is 0 Å². The second-order valence-corrected chi connectivity index (χ2v) is 4.11. The smallest absolute Gasteiger partial charge is 0.251 e. The van der Waals surface area contributed by atoms with Crippen LogP contribution in [0.4, 0.5) is 0 Å². The van der Waals surface area contributed by atoms with Gasteiger partial charge in [-0.05, 0) is 25.5 Å². The molecular formula is C13H20N2O. The highest BCUT2D eigenvalue weighted by Gasteiger charge is 2.08. The van der Waals surface area contributed by atoms with Crippen LogP contribution in [-0.2, 0) is 0 Å². The molecule has 1 aromatic rings. The number of nitrogens with zero attached hydrogens (tertiary/aromatic N) is 1. The van der Waals surface area contributed by atoms with Gasteiger partial charge in [0, 0.05) is 24.0 Å². The van der Waals surface area contributed by atoms with E-state index < -0.39 is 0 Å². The molecule has 16 heavy (non-hydrogen) atoms. The van der Waals surface area contributed by atoms with Crippen LogP contribution >= 0.6 is 0 Å². The lowest BCUT2D eigenvalue weighted by molar-refractivity contribution is 0.0938. The first-order valence-electron chi connectivity index (χ1n) is 5.95. The summed E-state index contributed by atoms with van der Waals surface area (Å²) in [5.41, 5.74) is 0.678. The van der Waals surface area contributed by atoms with Crippen molar-refractivity contribution in [3.8, 4) is 0 Å². The molecule has 1 unspecified atom stereocenters. The van der Waals surface area contributed by atoms with Gasteiger partial charge < -0.3 is 5.32 Å². The molecule has 88 valence electrons. The molecule has 0 spiro atoms. The van der Waals surface area contributed by atoms with Crippen molar-refractivity contribution in [2.45, 2.75) is 45.6 Å². The minimum Gasteiger partial charge on any atom is -0.350 e. The van der Waals surface area contributed by atoms with E-state index in [0.29, 0.717) is 5.56 Å². The Bertz CT molecular complexity index is 311. The summed E-state index contributed by atoms with van der Waals surface area (Å²) >= 11 is 0. The molecule has 0 aliphatic rings. The number of rotatable bonds is 6. The molecular weight excluding hydrogens is 200 g/mol. The largest absolute Gasteiger partial charge is 0.350 e. The van der Waals surface area contributed by atoms with Crippen LogP contribution in [0.15, 0.2) is 24.5 Å². The number of hydrogen-bond donors (Lipinski definition) is 1. The Morgan fingerprint density at radius 1 is 1.38 bits per heavy atom. The third-order valence-electron chi connectivity index (χ3n) is 2.56. The van der Waals surface area contributed by atoms with Crippen molar-refractivity contribution in [2.24, 2.45) is 0 Å². The van der Waals surface area contributed by atoms with Crippen LogP contribution in [-0.4, -0.2) is 16.9 Å². The van der Waals surface area contributed by atoms with Gasteiger partial charge in [-0.15, -0.1) is 0 Å². The molecule has 1 N–H and O–H groups in total. The molecule has 1 amide bonds. The minimum atomic E-state index is -0.00796. The fourth-order valence-electron chi connectivity index (χ4n) is 1.58. The minimum absolute atomic E-state index is 0.00796. The molecule has 0 aromatic carbocycles. The number of unbranched alkanes of at least 4 members (excludes halogenated alkanes) is 2. The molecule has 0 saturated heterocycles. The van der Waals surface area contributed by atoms with Gasteiger partial charge in [0.1, 0.15) is 0 Å². The highest BCUT2D eigenvalue weighted by Crippen LogP contribution is 2.04. The van der Waals surface area contributed by atoms with Crippen molar-refractivity contribution in [3.05, 3.63) is 30.1 Å². The van der Waals surface area contributed by atoms with Gasteiger partial charge in [0.05, 0.1) is 0 Å². The molecule has 0 fully saturated rings. The third-order valence-corrected chi connectivity index (χ3v) is 2.56. The number of amides is 1. The lowest BCUT2D eigenvalue weighted by Crippen LogP contribution is -2.32. The van der Waals surface area contributed by atoms with Gasteiger partial charge in [-0.3, -0.25) is 9.78 Å². The van der Waals surface area contributed by atoms with Crippen LogP contribution in [0.25, 0.3) is 0 Å². The zero-order chi connectivity index (χ0) is 11.8. The molecule has 0 radical (unpaired) electrons. The number of hydrogen-bond acceptors (Lipinski definition) is 2. The van der Waals surface area contributed by atoms with Gasteiger partial charge in [0.25, 0.3) is 5.91 Å². The number of aromatic nitrogens is 1. The maximum Gasteiger partial charge on any atom is 0.251 e. The highest BCUT2D eigenvalue weighted by atomic mass is 16.1. The lowest BCUT2D eigenvalue weighted by atomic mass is 10.1. The first-order valence-corrected chi connectivity index (χ1v) is 5.95. The Morgan fingerprint density at radius 3 is 2.69 bits per heavy atom. The predicted octanol–water partition coefficient (Wildman–Crippen LogP) is 2.78. The lowest BCUT2D eigenvalue weighted by Gasteiger charge is -2.13. The average molecular weight is 220 g/mol. The first-order chi connectivity index (χ1) is 7.74. The second kappa shape index (κ2) is 6.99. The Kier molecular flexibility index (Phi) is 5.54. The van der Waals surface area contributed by atoms with E-state index in [1.54, 1.807) is 24.5 Å². The summed E-state index contributed by atoms with van der Waals surface area (Å²) in [5, 5.41) is 2.99. The molecule has 3 nitrogen and oxygen atoms in total. The standard InChI is InChI=1S/C13H20N2O/c1-3-4-5-6-11(2)15-13(16)12-7-9-14-10-8-12/h7-11H,3-6H2,1-2H3,(H,15,16). The molecule has 0 aliphatic carbocycles. The monoisotopic (exact) mass is 220 g/mol. The van der Waals surface area contributed by atoms with Gasteiger partial charge in [0.2, 0.25) is 0 Å². The van der Waals surface area contributed by atoms with Gasteiger partial charge >= 0.3 is 0 Å². The van der Waals surface area contributed by atoms with Crippen molar-refractivity contribution in [1.29, 1.82) is 0 Å². The number of pyridine rings is 1. The van der Waals surface area contributed by atoms with E-state index in [1.165, 1.54) is 19.3 Å². The van der Waals surface area contributed by atoms with E-state index in [4.69, 9.17) is 0 Å². The zero-order valence-corrected chi connectivity index (χ0v) is 10.1. The normalized spacial score (nSPS) is 12.1. The Morgan fingerprint density at radius 2 is 2.06 bits per heavy atom. The molecule has 1 rings (SSSR count). The number of carbonyl (C=O) groups excluding carboxylic acids is 1.